The van der Waals surface area contributed by atoms with Crippen molar-refractivity contribution < 1.29 is 9.53 Å². The van der Waals surface area contributed by atoms with Crippen LogP contribution in [-0.4, -0.2) is 18.8 Å². The maximum atomic E-state index is 12.1. The first-order valence-electron chi connectivity index (χ1n) is 7.57. The normalized spacial score (nSPS) is 12.9. The van der Waals surface area contributed by atoms with Crippen molar-refractivity contribution in [2.75, 3.05) is 18.2 Å². The Morgan fingerprint density at radius 2 is 2.22 bits per heavy atom. The van der Waals surface area contributed by atoms with Gasteiger partial charge in [0.1, 0.15) is 5.75 Å². The van der Waals surface area contributed by atoms with Crippen molar-refractivity contribution in [2.24, 2.45) is 0 Å². The molecule has 3 rings (SSSR count). The maximum Gasteiger partial charge on any atom is 0.248 e. The molecule has 0 aromatic heterocycles. The number of carbonyl (C=O) groups is 1. The van der Waals surface area contributed by atoms with E-state index in [0.29, 0.717) is 0 Å². The average Bonchev–Trinajstić information content (AvgIpc) is 3.01. The highest BCUT2D eigenvalue weighted by Crippen LogP contribution is 2.26. The van der Waals surface area contributed by atoms with Crippen LogP contribution in [0.25, 0.3) is 6.08 Å². The second-order valence-electron chi connectivity index (χ2n) is 5.42. The molecule has 0 saturated heterocycles. The number of rotatable bonds is 5. The number of ether oxygens (including phenoxy) is 1. The fourth-order valence-corrected chi connectivity index (χ4v) is 3.08. The summed E-state index contributed by atoms with van der Waals surface area (Å²) in [5, 5.41) is 2.90. The topological polar surface area (TPSA) is 38.3 Å². The number of carbonyl (C=O) groups excluding carboxylic acids is 1. The molecule has 0 unspecified atom stereocenters. The van der Waals surface area contributed by atoms with Crippen LogP contribution in [0.1, 0.15) is 16.7 Å². The highest BCUT2D eigenvalue weighted by atomic mass is 32.2. The lowest BCUT2D eigenvalue weighted by Gasteiger charge is -2.05. The van der Waals surface area contributed by atoms with E-state index in [9.17, 15) is 4.79 Å². The van der Waals surface area contributed by atoms with Gasteiger partial charge in [-0.05, 0) is 53.3 Å². The van der Waals surface area contributed by atoms with Gasteiger partial charge in [0.15, 0.2) is 0 Å². The summed E-state index contributed by atoms with van der Waals surface area (Å²) >= 11 is 1.76. The third-order valence-electron chi connectivity index (χ3n) is 3.65. The molecule has 0 aliphatic carbocycles. The van der Waals surface area contributed by atoms with Crippen LogP contribution in [0.15, 0.2) is 48.5 Å². The predicted molar refractivity (Wildman–Crippen MR) is 97.0 cm³/mol. The highest BCUT2D eigenvalue weighted by Gasteiger charge is 2.11. The molecule has 0 radical (unpaired) electrons. The molecule has 0 fully saturated rings. The van der Waals surface area contributed by atoms with Crippen molar-refractivity contribution in [3.8, 4) is 5.75 Å². The fourth-order valence-electron chi connectivity index (χ4n) is 2.57. The van der Waals surface area contributed by atoms with E-state index < -0.39 is 0 Å². The Labute approximate surface area is 140 Å². The lowest BCUT2D eigenvalue weighted by molar-refractivity contribution is -0.111. The van der Waals surface area contributed by atoms with Crippen LogP contribution in [0.4, 0.5) is 5.69 Å². The van der Waals surface area contributed by atoms with Crippen LogP contribution < -0.4 is 10.1 Å². The van der Waals surface area contributed by atoms with Crippen molar-refractivity contribution >= 4 is 29.4 Å². The molecule has 4 heteroatoms. The number of benzene rings is 2. The third-order valence-corrected chi connectivity index (χ3v) is 4.27. The minimum Gasteiger partial charge on any atom is -0.493 e. The van der Waals surface area contributed by atoms with E-state index in [1.165, 1.54) is 11.1 Å². The van der Waals surface area contributed by atoms with Crippen molar-refractivity contribution in [2.45, 2.75) is 12.2 Å². The standard InChI is InChI=1S/C19H19NO2S/c1-23-13-15-3-2-4-17(12-15)20-19(21)8-6-14-5-7-18-16(11-14)9-10-22-18/h2-8,11-12H,9-10,13H2,1H3,(H,20,21)/b8-6+. The van der Waals surface area contributed by atoms with Gasteiger partial charge in [-0.3, -0.25) is 4.79 Å². The molecular formula is C19H19NO2S. The summed E-state index contributed by atoms with van der Waals surface area (Å²) in [4.78, 5) is 12.1. The van der Waals surface area contributed by atoms with Crippen LogP contribution in [-0.2, 0) is 17.0 Å². The molecule has 1 heterocycles. The molecule has 0 saturated carbocycles. The van der Waals surface area contributed by atoms with Crippen molar-refractivity contribution in [1.29, 1.82) is 0 Å². The fraction of sp³-hybridized carbons (Fsp3) is 0.211. The Hall–Kier alpha value is -2.20. The number of hydrogen-bond donors (Lipinski definition) is 1. The molecule has 0 atom stereocenters. The van der Waals surface area contributed by atoms with E-state index in [-0.39, 0.29) is 5.91 Å². The second kappa shape index (κ2) is 7.38. The summed E-state index contributed by atoms with van der Waals surface area (Å²) in [6.45, 7) is 0.745. The Morgan fingerprint density at radius 3 is 3.09 bits per heavy atom. The van der Waals surface area contributed by atoms with Gasteiger partial charge in [-0.15, -0.1) is 0 Å². The summed E-state index contributed by atoms with van der Waals surface area (Å²) in [5.74, 6) is 1.77. The highest BCUT2D eigenvalue weighted by molar-refractivity contribution is 7.97. The van der Waals surface area contributed by atoms with Crippen molar-refractivity contribution in [3.05, 3.63) is 65.2 Å². The van der Waals surface area contributed by atoms with Crippen molar-refractivity contribution in [1.82, 2.24) is 0 Å². The first kappa shape index (κ1) is 15.7. The summed E-state index contributed by atoms with van der Waals surface area (Å²) in [7, 11) is 0. The predicted octanol–water partition coefficient (Wildman–Crippen LogP) is 4.14. The maximum absolute atomic E-state index is 12.1. The molecule has 23 heavy (non-hydrogen) atoms. The number of anilines is 1. The largest absolute Gasteiger partial charge is 0.493 e. The van der Waals surface area contributed by atoms with E-state index in [1.807, 2.05) is 36.4 Å². The second-order valence-corrected chi connectivity index (χ2v) is 6.29. The van der Waals surface area contributed by atoms with Crippen LogP contribution in [0.3, 0.4) is 0 Å². The Morgan fingerprint density at radius 1 is 1.30 bits per heavy atom. The number of thioether (sulfide) groups is 1. The number of nitrogens with one attached hydrogen (secondary N) is 1. The molecular weight excluding hydrogens is 306 g/mol. The molecule has 118 valence electrons. The lowest BCUT2D eigenvalue weighted by atomic mass is 10.1. The van der Waals surface area contributed by atoms with Crippen molar-refractivity contribution in [3.63, 3.8) is 0 Å². The van der Waals surface area contributed by atoms with Gasteiger partial charge in [0, 0.05) is 23.9 Å². The van der Waals surface area contributed by atoms with Gasteiger partial charge in [0.25, 0.3) is 0 Å². The molecule has 3 nitrogen and oxygen atoms in total. The van der Waals surface area contributed by atoms with Gasteiger partial charge in [-0.25, -0.2) is 0 Å². The Kier molecular flexibility index (Phi) is 5.03. The monoisotopic (exact) mass is 325 g/mol. The molecule has 2 aromatic carbocycles. The zero-order chi connectivity index (χ0) is 16.1. The molecule has 0 bridgehead atoms. The molecule has 1 aliphatic rings. The Bertz CT molecular complexity index is 740. The molecule has 1 aliphatic heterocycles. The van der Waals surface area contributed by atoms with Gasteiger partial charge < -0.3 is 10.1 Å². The molecule has 1 amide bonds. The SMILES string of the molecule is CSCc1cccc(NC(=O)/C=C/c2ccc3c(c2)CCO3)c1. The van der Waals surface area contributed by atoms with Gasteiger partial charge in [-0.2, -0.15) is 11.8 Å². The summed E-state index contributed by atoms with van der Waals surface area (Å²) < 4.78 is 5.48. The number of amides is 1. The van der Waals surface area contributed by atoms with Gasteiger partial charge in [0.05, 0.1) is 6.61 Å². The minimum absolute atomic E-state index is 0.122. The minimum atomic E-state index is -0.122. The molecule has 1 N–H and O–H groups in total. The van der Waals surface area contributed by atoms with E-state index in [2.05, 4.69) is 23.7 Å². The first-order chi connectivity index (χ1) is 11.2. The van der Waals surface area contributed by atoms with E-state index in [1.54, 1.807) is 17.8 Å². The summed E-state index contributed by atoms with van der Waals surface area (Å²) in [6.07, 6.45) is 6.40. The quantitative estimate of drug-likeness (QED) is 0.840. The lowest BCUT2D eigenvalue weighted by Crippen LogP contribution is -2.07. The zero-order valence-electron chi connectivity index (χ0n) is 13.0. The molecule has 0 spiro atoms. The summed E-state index contributed by atoms with van der Waals surface area (Å²) in [6, 6.07) is 13.9. The number of hydrogen-bond acceptors (Lipinski definition) is 3. The van der Waals surface area contributed by atoms with E-state index >= 15 is 0 Å². The van der Waals surface area contributed by atoms with Gasteiger partial charge in [0.2, 0.25) is 5.91 Å². The average molecular weight is 325 g/mol. The van der Waals surface area contributed by atoms with Crippen LogP contribution in [0.2, 0.25) is 0 Å². The molecule has 2 aromatic rings. The number of fused-ring (bicyclic) bond motifs is 1. The van der Waals surface area contributed by atoms with Crippen LogP contribution >= 0.6 is 11.8 Å². The van der Waals surface area contributed by atoms with E-state index in [4.69, 9.17) is 4.74 Å². The Balaban J connectivity index is 1.63. The van der Waals surface area contributed by atoms with E-state index in [0.717, 1.165) is 35.8 Å². The zero-order valence-corrected chi connectivity index (χ0v) is 13.9. The van der Waals surface area contributed by atoms with Gasteiger partial charge in [-0.1, -0.05) is 18.2 Å². The smallest absolute Gasteiger partial charge is 0.248 e. The van der Waals surface area contributed by atoms with Crippen LogP contribution in [0, 0.1) is 0 Å². The van der Waals surface area contributed by atoms with Gasteiger partial charge >= 0.3 is 0 Å². The first-order valence-corrected chi connectivity index (χ1v) is 8.96. The van der Waals surface area contributed by atoms with Crippen LogP contribution in [0.5, 0.6) is 5.75 Å². The third kappa shape index (κ3) is 4.17. The summed E-state index contributed by atoms with van der Waals surface area (Å²) in [5.41, 5.74) is 4.25.